The lowest BCUT2D eigenvalue weighted by atomic mass is 10.1. The van der Waals surface area contributed by atoms with Gasteiger partial charge < -0.3 is 20.3 Å². The lowest BCUT2D eigenvalue weighted by Crippen LogP contribution is -2.15. The Labute approximate surface area is 186 Å². The third kappa shape index (κ3) is 5.33. The average Bonchev–Trinajstić information content (AvgIpc) is 3.33. The number of amides is 1. The first-order chi connectivity index (χ1) is 15.5. The van der Waals surface area contributed by atoms with Crippen molar-refractivity contribution in [2.45, 2.75) is 12.8 Å². The number of aromatic amines is 1. The first-order valence-corrected chi connectivity index (χ1v) is 10.5. The summed E-state index contributed by atoms with van der Waals surface area (Å²) in [6.45, 7) is 1.69. The second-order valence-electron chi connectivity index (χ2n) is 7.95. The molecule has 0 saturated heterocycles. The maximum absolute atomic E-state index is 13.4. The Hall–Kier alpha value is -3.65. The predicted octanol–water partition coefficient (Wildman–Crippen LogP) is 3.88. The number of carbonyl (C=O) groups is 1. The summed E-state index contributed by atoms with van der Waals surface area (Å²) in [4.78, 5) is 14.3. The predicted molar refractivity (Wildman–Crippen MR) is 123 cm³/mol. The van der Waals surface area contributed by atoms with Gasteiger partial charge in [-0.2, -0.15) is 5.10 Å². The van der Waals surface area contributed by atoms with Crippen LogP contribution in [0.5, 0.6) is 5.75 Å². The lowest BCUT2D eigenvalue weighted by Gasteiger charge is -2.10. The molecule has 1 amide bonds. The molecule has 0 saturated carbocycles. The van der Waals surface area contributed by atoms with Gasteiger partial charge in [-0.15, -0.1) is 0 Å². The van der Waals surface area contributed by atoms with Gasteiger partial charge in [-0.1, -0.05) is 12.1 Å². The standard InChI is InChI=1S/C24H26FN5O2/c1-30(2)10-3-11-32-19-7-4-16(5-8-19)12-18-14-23(29-28-18)26-15-21-20-9-6-17(25)13-22(20)27-24(21)31/h4-9,13-15H,3,10-12H2,1-2H3,(H,27,31)(H2,26,28,29). The van der Waals surface area contributed by atoms with Gasteiger partial charge in [0.05, 0.1) is 23.6 Å². The van der Waals surface area contributed by atoms with Crippen LogP contribution in [0.3, 0.4) is 0 Å². The van der Waals surface area contributed by atoms with E-state index in [0.717, 1.165) is 30.0 Å². The van der Waals surface area contributed by atoms with E-state index in [-0.39, 0.29) is 11.7 Å². The Morgan fingerprint density at radius 3 is 2.75 bits per heavy atom. The van der Waals surface area contributed by atoms with Crippen LogP contribution in [-0.4, -0.2) is 48.3 Å². The molecule has 0 radical (unpaired) electrons. The van der Waals surface area contributed by atoms with Crippen LogP contribution < -0.4 is 15.4 Å². The molecule has 0 atom stereocenters. The van der Waals surface area contributed by atoms with E-state index in [1.165, 1.54) is 12.1 Å². The van der Waals surface area contributed by atoms with Gasteiger partial charge in [-0.05, 0) is 56.4 Å². The van der Waals surface area contributed by atoms with Gasteiger partial charge in [0.15, 0.2) is 0 Å². The summed E-state index contributed by atoms with van der Waals surface area (Å²) in [6.07, 6.45) is 3.25. The van der Waals surface area contributed by atoms with Gasteiger partial charge in [0, 0.05) is 30.8 Å². The fourth-order valence-electron chi connectivity index (χ4n) is 3.47. The molecular formula is C24H26FN5O2. The van der Waals surface area contributed by atoms with E-state index in [1.807, 2.05) is 44.4 Å². The summed E-state index contributed by atoms with van der Waals surface area (Å²) in [5.74, 6) is 0.859. The molecule has 0 spiro atoms. The smallest absolute Gasteiger partial charge is 0.257 e. The van der Waals surface area contributed by atoms with Crippen molar-refractivity contribution in [1.29, 1.82) is 0 Å². The van der Waals surface area contributed by atoms with Gasteiger partial charge in [0.1, 0.15) is 17.4 Å². The summed E-state index contributed by atoms with van der Waals surface area (Å²) in [5, 5.41) is 13.0. The largest absolute Gasteiger partial charge is 0.494 e. The summed E-state index contributed by atoms with van der Waals surface area (Å²) >= 11 is 0. The highest BCUT2D eigenvalue weighted by Crippen LogP contribution is 2.32. The van der Waals surface area contributed by atoms with Crippen molar-refractivity contribution >= 4 is 23.0 Å². The van der Waals surface area contributed by atoms with Crippen molar-refractivity contribution in [1.82, 2.24) is 15.1 Å². The first kappa shape index (κ1) is 21.6. The van der Waals surface area contributed by atoms with Gasteiger partial charge >= 0.3 is 0 Å². The Morgan fingerprint density at radius 2 is 1.97 bits per heavy atom. The number of anilines is 2. The minimum atomic E-state index is -0.389. The van der Waals surface area contributed by atoms with Crippen molar-refractivity contribution in [3.63, 3.8) is 0 Å². The number of ether oxygens (including phenoxy) is 1. The van der Waals surface area contributed by atoms with Crippen molar-refractivity contribution in [3.05, 3.63) is 77.4 Å². The summed E-state index contributed by atoms with van der Waals surface area (Å²) in [7, 11) is 4.10. The van der Waals surface area contributed by atoms with Crippen molar-refractivity contribution < 1.29 is 13.9 Å². The molecule has 1 aromatic heterocycles. The van der Waals surface area contributed by atoms with Crippen LogP contribution in [-0.2, 0) is 11.2 Å². The van der Waals surface area contributed by atoms with Crippen LogP contribution in [0.2, 0.25) is 0 Å². The molecule has 3 N–H and O–H groups in total. The molecule has 0 fully saturated rings. The number of nitrogens with one attached hydrogen (secondary N) is 3. The van der Waals surface area contributed by atoms with Crippen LogP contribution in [0.1, 0.15) is 23.2 Å². The van der Waals surface area contributed by atoms with Gasteiger partial charge in [0.2, 0.25) is 0 Å². The van der Waals surface area contributed by atoms with Gasteiger partial charge in [0.25, 0.3) is 5.91 Å². The van der Waals surface area contributed by atoms with E-state index in [1.54, 1.807) is 12.3 Å². The van der Waals surface area contributed by atoms with Crippen molar-refractivity contribution in [3.8, 4) is 5.75 Å². The average molecular weight is 436 g/mol. The molecule has 0 unspecified atom stereocenters. The summed E-state index contributed by atoms with van der Waals surface area (Å²) in [6, 6.07) is 14.1. The van der Waals surface area contributed by atoms with E-state index >= 15 is 0 Å². The van der Waals surface area contributed by atoms with Crippen molar-refractivity contribution in [2.75, 3.05) is 37.9 Å². The molecule has 2 aromatic carbocycles. The van der Waals surface area contributed by atoms with E-state index in [9.17, 15) is 9.18 Å². The Morgan fingerprint density at radius 1 is 1.16 bits per heavy atom. The zero-order chi connectivity index (χ0) is 22.5. The number of fused-ring (bicyclic) bond motifs is 1. The van der Waals surface area contributed by atoms with Gasteiger partial charge in [-0.3, -0.25) is 9.89 Å². The number of halogens is 1. The number of benzene rings is 2. The highest BCUT2D eigenvalue weighted by atomic mass is 19.1. The molecule has 4 rings (SSSR count). The topological polar surface area (TPSA) is 82.3 Å². The van der Waals surface area contributed by atoms with Crippen molar-refractivity contribution in [2.24, 2.45) is 0 Å². The zero-order valence-electron chi connectivity index (χ0n) is 18.1. The molecule has 3 aromatic rings. The Balaban J connectivity index is 1.33. The van der Waals surface area contributed by atoms with Crippen LogP contribution in [0.4, 0.5) is 15.9 Å². The lowest BCUT2D eigenvalue weighted by molar-refractivity contribution is -0.110. The second kappa shape index (κ2) is 9.65. The number of H-pyrrole nitrogens is 1. The second-order valence-corrected chi connectivity index (χ2v) is 7.95. The fourth-order valence-corrected chi connectivity index (χ4v) is 3.47. The number of rotatable bonds is 9. The molecule has 32 heavy (non-hydrogen) atoms. The zero-order valence-corrected chi connectivity index (χ0v) is 18.1. The third-order valence-electron chi connectivity index (χ3n) is 5.09. The minimum absolute atomic E-state index is 0.276. The van der Waals surface area contributed by atoms with E-state index < -0.39 is 0 Å². The number of aromatic nitrogens is 2. The third-order valence-corrected chi connectivity index (χ3v) is 5.09. The molecule has 1 aliphatic heterocycles. The molecular weight excluding hydrogens is 409 g/mol. The van der Waals surface area contributed by atoms with Gasteiger partial charge in [-0.25, -0.2) is 4.39 Å². The van der Waals surface area contributed by atoms with Crippen LogP contribution in [0, 0.1) is 5.82 Å². The molecule has 8 heteroatoms. The molecule has 1 aliphatic rings. The minimum Gasteiger partial charge on any atom is -0.494 e. The molecule has 0 bridgehead atoms. The number of nitrogens with zero attached hydrogens (tertiary/aromatic N) is 2. The number of carbonyl (C=O) groups excluding carboxylic acids is 1. The monoisotopic (exact) mass is 435 g/mol. The molecule has 7 nitrogen and oxygen atoms in total. The Kier molecular flexibility index (Phi) is 6.51. The molecule has 2 heterocycles. The summed E-state index contributed by atoms with van der Waals surface area (Å²) < 4.78 is 19.1. The SMILES string of the molecule is CN(C)CCCOc1ccc(Cc2cc(NC=C3C(=O)Nc4cc(F)ccc43)[nH]n2)cc1. The summed E-state index contributed by atoms with van der Waals surface area (Å²) in [5.41, 5.74) is 3.56. The number of hydrogen-bond donors (Lipinski definition) is 3. The highest BCUT2D eigenvalue weighted by Gasteiger charge is 2.24. The molecule has 0 aliphatic carbocycles. The molecule has 166 valence electrons. The highest BCUT2D eigenvalue weighted by molar-refractivity contribution is 6.31. The van der Waals surface area contributed by atoms with E-state index in [0.29, 0.717) is 35.7 Å². The number of hydrogen-bond acceptors (Lipinski definition) is 5. The van der Waals surface area contributed by atoms with Crippen LogP contribution in [0.25, 0.3) is 5.57 Å². The fraction of sp³-hybridized carbons (Fsp3) is 0.250. The first-order valence-electron chi connectivity index (χ1n) is 10.5. The van der Waals surface area contributed by atoms with Crippen LogP contribution >= 0.6 is 0 Å². The van der Waals surface area contributed by atoms with E-state index in [4.69, 9.17) is 4.74 Å². The van der Waals surface area contributed by atoms with E-state index in [2.05, 4.69) is 25.7 Å². The maximum Gasteiger partial charge on any atom is 0.257 e. The van der Waals surface area contributed by atoms with Crippen LogP contribution in [0.15, 0.2) is 54.7 Å². The quantitative estimate of drug-likeness (QED) is 0.351. The maximum atomic E-state index is 13.4. The Bertz CT molecular complexity index is 1120. The normalized spacial score (nSPS) is 14.0.